The maximum absolute atomic E-state index is 12.8. The Hall–Kier alpha value is -3.47. The molecule has 0 spiro atoms. The van der Waals surface area contributed by atoms with Crippen LogP contribution in [0.25, 0.3) is 10.8 Å². The van der Waals surface area contributed by atoms with Crippen LogP contribution in [0.15, 0.2) is 79.4 Å². The van der Waals surface area contributed by atoms with Crippen LogP contribution in [-0.2, 0) is 10.3 Å². The van der Waals surface area contributed by atoms with Gasteiger partial charge >= 0.3 is 5.97 Å². The van der Waals surface area contributed by atoms with Crippen molar-refractivity contribution < 1.29 is 14.5 Å². The van der Waals surface area contributed by atoms with E-state index in [9.17, 15) is 14.9 Å². The Kier molecular flexibility index (Phi) is 5.27. The molecule has 3 aromatic rings. The summed E-state index contributed by atoms with van der Waals surface area (Å²) in [6.07, 6.45) is 1.75. The summed E-state index contributed by atoms with van der Waals surface area (Å²) in [7, 11) is 0. The van der Waals surface area contributed by atoms with E-state index < -0.39 is 16.5 Å². The number of hydrogen-bond donors (Lipinski definition) is 0. The first-order valence-corrected chi connectivity index (χ1v) is 8.95. The third kappa shape index (κ3) is 3.51. The molecule has 0 aromatic heterocycles. The van der Waals surface area contributed by atoms with Crippen molar-refractivity contribution in [3.63, 3.8) is 0 Å². The van der Waals surface area contributed by atoms with Gasteiger partial charge in [-0.2, -0.15) is 0 Å². The second-order valence-corrected chi connectivity index (χ2v) is 6.85. The number of rotatable bonds is 6. The highest BCUT2D eigenvalue weighted by molar-refractivity contribution is 5.91. The van der Waals surface area contributed by atoms with Crippen molar-refractivity contribution >= 4 is 22.4 Å². The Balaban J connectivity index is 2.03. The van der Waals surface area contributed by atoms with E-state index in [-0.39, 0.29) is 17.2 Å². The lowest BCUT2D eigenvalue weighted by Crippen LogP contribution is -2.35. The highest BCUT2D eigenvalue weighted by Crippen LogP contribution is 2.39. The smallest absolute Gasteiger partial charge is 0.339 e. The molecule has 0 amide bonds. The first-order chi connectivity index (χ1) is 13.4. The number of ether oxygens (including phenoxy) is 1. The summed E-state index contributed by atoms with van der Waals surface area (Å²) >= 11 is 0. The van der Waals surface area contributed by atoms with Crippen molar-refractivity contribution in [3.8, 4) is 0 Å². The predicted octanol–water partition coefficient (Wildman–Crippen LogP) is 5.64. The van der Waals surface area contributed by atoms with E-state index in [4.69, 9.17) is 4.74 Å². The first-order valence-electron chi connectivity index (χ1n) is 8.95. The third-order valence-corrected chi connectivity index (χ3v) is 5.17. The lowest BCUT2D eigenvalue weighted by Gasteiger charge is -2.35. The average molecular weight is 375 g/mol. The van der Waals surface area contributed by atoms with Crippen LogP contribution in [0.2, 0.25) is 0 Å². The number of benzene rings is 3. The fraction of sp³-hybridized carbons (Fsp3) is 0.174. The molecule has 0 saturated carbocycles. The zero-order valence-corrected chi connectivity index (χ0v) is 15.8. The summed E-state index contributed by atoms with van der Waals surface area (Å²) in [5.41, 5.74) is 0.107. The number of nitro benzene ring substituents is 1. The van der Waals surface area contributed by atoms with E-state index in [0.717, 1.165) is 16.3 Å². The van der Waals surface area contributed by atoms with E-state index in [1.807, 2.05) is 56.3 Å². The van der Waals surface area contributed by atoms with Gasteiger partial charge in [0.25, 0.3) is 5.69 Å². The van der Waals surface area contributed by atoms with Crippen LogP contribution >= 0.6 is 0 Å². The highest BCUT2D eigenvalue weighted by atomic mass is 16.6. The van der Waals surface area contributed by atoms with Crippen LogP contribution in [0.5, 0.6) is 0 Å². The van der Waals surface area contributed by atoms with Gasteiger partial charge in [-0.1, -0.05) is 55.5 Å². The molecule has 0 aliphatic rings. The molecule has 0 heterocycles. The van der Waals surface area contributed by atoms with E-state index in [0.29, 0.717) is 0 Å². The van der Waals surface area contributed by atoms with Crippen molar-refractivity contribution in [2.75, 3.05) is 0 Å². The number of fused-ring (bicyclic) bond motifs is 1. The molecule has 0 unspecified atom stereocenters. The maximum Gasteiger partial charge on any atom is 0.339 e. The summed E-state index contributed by atoms with van der Waals surface area (Å²) < 4.78 is 5.99. The van der Waals surface area contributed by atoms with Gasteiger partial charge in [0.15, 0.2) is 0 Å². The van der Waals surface area contributed by atoms with Crippen LogP contribution < -0.4 is 0 Å². The number of hydrogen-bond acceptors (Lipinski definition) is 4. The van der Waals surface area contributed by atoms with Crippen molar-refractivity contribution in [2.45, 2.75) is 19.4 Å². The molecule has 5 heteroatoms. The van der Waals surface area contributed by atoms with Crippen LogP contribution in [0.4, 0.5) is 5.69 Å². The maximum atomic E-state index is 12.8. The van der Waals surface area contributed by atoms with Crippen LogP contribution in [-0.4, -0.2) is 10.9 Å². The monoisotopic (exact) mass is 375 g/mol. The highest BCUT2D eigenvalue weighted by Gasteiger charge is 2.37. The average Bonchev–Trinajstić information content (AvgIpc) is 2.72. The Bertz CT molecular complexity index is 1040. The van der Waals surface area contributed by atoms with Gasteiger partial charge in [0, 0.05) is 23.6 Å². The number of nitrogens with zero attached hydrogens (tertiary/aromatic N) is 1. The molecule has 0 bridgehead atoms. The molecule has 0 saturated heterocycles. The normalized spacial score (nSPS) is 14.1. The fourth-order valence-corrected chi connectivity index (χ4v) is 3.25. The zero-order valence-electron chi connectivity index (χ0n) is 15.8. The number of carbonyl (C=O) groups is 1. The minimum atomic E-state index is -0.957. The van der Waals surface area contributed by atoms with Gasteiger partial charge in [0.05, 0.1) is 10.5 Å². The predicted molar refractivity (Wildman–Crippen MR) is 109 cm³/mol. The van der Waals surface area contributed by atoms with Gasteiger partial charge < -0.3 is 4.74 Å². The molecule has 142 valence electrons. The summed E-state index contributed by atoms with van der Waals surface area (Å²) in [5.74, 6) is -0.709. The van der Waals surface area contributed by atoms with Gasteiger partial charge in [-0.05, 0) is 29.8 Å². The van der Waals surface area contributed by atoms with Gasteiger partial charge in [0.2, 0.25) is 0 Å². The molecule has 3 rings (SSSR count). The number of esters is 1. The fourth-order valence-electron chi connectivity index (χ4n) is 3.25. The van der Waals surface area contributed by atoms with Crippen LogP contribution in [0.3, 0.4) is 0 Å². The molecule has 5 nitrogen and oxygen atoms in total. The van der Waals surface area contributed by atoms with E-state index >= 15 is 0 Å². The molecule has 0 aliphatic carbocycles. The Morgan fingerprint density at radius 3 is 2.39 bits per heavy atom. The molecule has 2 atom stereocenters. The minimum absolute atomic E-state index is 0.0761. The molecule has 0 aliphatic heterocycles. The lowest BCUT2D eigenvalue weighted by atomic mass is 9.81. The second-order valence-electron chi connectivity index (χ2n) is 6.85. The van der Waals surface area contributed by atoms with Crippen LogP contribution in [0.1, 0.15) is 29.8 Å². The van der Waals surface area contributed by atoms with Gasteiger partial charge in [0.1, 0.15) is 5.60 Å². The van der Waals surface area contributed by atoms with Crippen LogP contribution in [0, 0.1) is 16.0 Å². The SMILES string of the molecule is C=C[C@@H](C)[C@](C)(OC(=O)c1ccc([N+](=O)[O-])cc1)c1cccc2ccccc12. The molecular weight excluding hydrogens is 354 g/mol. The lowest BCUT2D eigenvalue weighted by molar-refractivity contribution is -0.384. The van der Waals surface area contributed by atoms with Gasteiger partial charge in [-0.25, -0.2) is 4.79 Å². The first kappa shape index (κ1) is 19.3. The molecular formula is C23H21NO4. The number of non-ortho nitro benzene ring substituents is 1. The van der Waals surface area contributed by atoms with Crippen molar-refractivity contribution in [3.05, 3.63) is 101 Å². The van der Waals surface area contributed by atoms with Gasteiger partial charge in [-0.15, -0.1) is 6.58 Å². The molecule has 0 radical (unpaired) electrons. The summed E-state index contributed by atoms with van der Waals surface area (Å²) in [6, 6.07) is 19.2. The summed E-state index contributed by atoms with van der Waals surface area (Å²) in [4.78, 5) is 23.2. The Labute approximate surface area is 163 Å². The minimum Gasteiger partial charge on any atom is -0.450 e. The van der Waals surface area contributed by atoms with Crippen molar-refractivity contribution in [1.82, 2.24) is 0 Å². The Morgan fingerprint density at radius 1 is 1.11 bits per heavy atom. The van der Waals surface area contributed by atoms with E-state index in [2.05, 4.69) is 6.58 Å². The Morgan fingerprint density at radius 2 is 1.75 bits per heavy atom. The third-order valence-electron chi connectivity index (χ3n) is 5.17. The molecule has 3 aromatic carbocycles. The molecule has 0 N–H and O–H groups in total. The topological polar surface area (TPSA) is 69.4 Å². The van der Waals surface area contributed by atoms with E-state index in [1.54, 1.807) is 6.08 Å². The molecule has 28 heavy (non-hydrogen) atoms. The standard InChI is InChI=1S/C23H21NO4/c1-4-16(2)23(3,21-11-7-9-17-8-5-6-10-20(17)21)28-22(25)18-12-14-19(15-13-18)24(26)27/h4-16H,1H2,2-3H3/t16-,23+/m1/s1. The van der Waals surface area contributed by atoms with Gasteiger partial charge in [-0.3, -0.25) is 10.1 Å². The number of carbonyl (C=O) groups excluding carboxylic acids is 1. The zero-order chi connectivity index (χ0) is 20.3. The quantitative estimate of drug-likeness (QED) is 0.242. The van der Waals surface area contributed by atoms with E-state index in [1.165, 1.54) is 24.3 Å². The van der Waals surface area contributed by atoms with Crippen molar-refractivity contribution in [1.29, 1.82) is 0 Å². The summed E-state index contributed by atoms with van der Waals surface area (Å²) in [6.45, 7) is 7.68. The largest absolute Gasteiger partial charge is 0.450 e. The number of nitro groups is 1. The molecule has 0 fully saturated rings. The second kappa shape index (κ2) is 7.64. The summed E-state index contributed by atoms with van der Waals surface area (Å²) in [5, 5.41) is 12.9. The van der Waals surface area contributed by atoms with Crippen molar-refractivity contribution in [2.24, 2.45) is 5.92 Å².